The number of piperidine rings is 3. The molecule has 1 N–H and O–H groups in total. The van der Waals surface area contributed by atoms with Crippen LogP contribution in [-0.4, -0.2) is 36.0 Å². The van der Waals surface area contributed by atoms with Gasteiger partial charge in [-0.3, -0.25) is 9.69 Å². The molecule has 2 atom stereocenters. The molecule has 1 amide bonds. The van der Waals surface area contributed by atoms with Crippen molar-refractivity contribution < 1.29 is 22.4 Å². The number of furan rings is 1. The lowest BCUT2D eigenvalue weighted by molar-refractivity contribution is -0.137. The molecule has 4 heterocycles. The van der Waals surface area contributed by atoms with E-state index in [-0.39, 0.29) is 17.0 Å². The summed E-state index contributed by atoms with van der Waals surface area (Å²) in [6, 6.07) is 8.29. The normalized spacial score (nSPS) is 27.0. The number of nitrogens with one attached hydrogen (secondary N) is 1. The summed E-state index contributed by atoms with van der Waals surface area (Å²) < 4.78 is 42.9. The summed E-state index contributed by atoms with van der Waals surface area (Å²) in [5.41, 5.74) is -0.263. The number of alkyl halides is 3. The molecule has 4 nitrogen and oxygen atoms in total. The SMILES string of the molecule is C[C@H]1[C@H](NC(=O)c2ccc(Sc3cc(C(F)(F)F)co3)cc2)C2CCN1CC2. The molecule has 3 aliphatic heterocycles. The molecule has 0 aliphatic carbocycles. The molecule has 2 aromatic rings. The first-order chi connectivity index (χ1) is 13.3. The summed E-state index contributed by atoms with van der Waals surface area (Å²) in [5.74, 6) is 0.417. The Morgan fingerprint density at radius 2 is 1.89 bits per heavy atom. The van der Waals surface area contributed by atoms with Gasteiger partial charge in [0.1, 0.15) is 6.26 Å². The van der Waals surface area contributed by atoms with Crippen LogP contribution in [0.15, 0.2) is 51.0 Å². The van der Waals surface area contributed by atoms with Gasteiger partial charge in [0, 0.05) is 28.6 Å². The van der Waals surface area contributed by atoms with E-state index in [2.05, 4.69) is 17.1 Å². The smallest absolute Gasteiger partial charge is 0.419 e. The van der Waals surface area contributed by atoms with Crippen molar-refractivity contribution in [3.63, 3.8) is 0 Å². The van der Waals surface area contributed by atoms with Crippen LogP contribution in [0.5, 0.6) is 0 Å². The fourth-order valence-corrected chi connectivity index (χ4v) is 4.88. The highest BCUT2D eigenvalue weighted by molar-refractivity contribution is 7.99. The van der Waals surface area contributed by atoms with E-state index >= 15 is 0 Å². The summed E-state index contributed by atoms with van der Waals surface area (Å²) in [4.78, 5) is 15.8. The molecule has 1 aromatic carbocycles. The van der Waals surface area contributed by atoms with Crippen LogP contribution in [-0.2, 0) is 6.18 Å². The fourth-order valence-electron chi connectivity index (χ4n) is 4.09. The molecular weight excluding hydrogens is 389 g/mol. The molecule has 0 saturated carbocycles. The Morgan fingerprint density at radius 1 is 1.21 bits per heavy atom. The van der Waals surface area contributed by atoms with Crippen molar-refractivity contribution >= 4 is 17.7 Å². The van der Waals surface area contributed by atoms with Crippen LogP contribution in [0.2, 0.25) is 0 Å². The van der Waals surface area contributed by atoms with Gasteiger partial charge in [-0.2, -0.15) is 13.2 Å². The zero-order chi connectivity index (χ0) is 19.9. The standard InChI is InChI=1S/C20H21F3N2O2S/c1-12-18(13-6-8-25(12)9-7-13)24-19(26)14-2-4-16(5-3-14)28-17-10-15(11-27-17)20(21,22)23/h2-5,10-13,18H,6-9H2,1H3,(H,24,26)/t12-,18-/m0/s1. The molecule has 0 unspecified atom stereocenters. The highest BCUT2D eigenvalue weighted by Crippen LogP contribution is 2.36. The minimum atomic E-state index is -4.42. The summed E-state index contributed by atoms with van der Waals surface area (Å²) in [7, 11) is 0. The van der Waals surface area contributed by atoms with Gasteiger partial charge in [-0.05, 0) is 63.0 Å². The highest BCUT2D eigenvalue weighted by atomic mass is 32.2. The molecule has 3 fully saturated rings. The van der Waals surface area contributed by atoms with Crippen LogP contribution in [0.25, 0.3) is 0 Å². The van der Waals surface area contributed by atoms with Crippen molar-refractivity contribution in [2.45, 2.75) is 48.0 Å². The number of rotatable bonds is 4. The maximum Gasteiger partial charge on any atom is 0.419 e. The molecule has 3 aliphatic rings. The van der Waals surface area contributed by atoms with E-state index in [9.17, 15) is 18.0 Å². The van der Waals surface area contributed by atoms with Crippen molar-refractivity contribution in [1.82, 2.24) is 10.2 Å². The van der Waals surface area contributed by atoms with Crippen molar-refractivity contribution in [2.75, 3.05) is 13.1 Å². The van der Waals surface area contributed by atoms with E-state index in [1.807, 2.05) is 0 Å². The maximum atomic E-state index is 12.6. The van der Waals surface area contributed by atoms with Gasteiger partial charge >= 0.3 is 6.18 Å². The van der Waals surface area contributed by atoms with Crippen LogP contribution in [0, 0.1) is 5.92 Å². The number of halogens is 3. The van der Waals surface area contributed by atoms with Crippen molar-refractivity contribution in [2.24, 2.45) is 5.92 Å². The summed E-state index contributed by atoms with van der Waals surface area (Å²) in [6.07, 6.45) is -1.47. The number of carbonyl (C=O) groups is 1. The Hall–Kier alpha value is -1.93. The number of carbonyl (C=O) groups excluding carboxylic acids is 1. The third kappa shape index (κ3) is 3.93. The molecule has 5 rings (SSSR count). The van der Waals surface area contributed by atoms with E-state index in [1.54, 1.807) is 24.3 Å². The van der Waals surface area contributed by atoms with Crippen molar-refractivity contribution in [3.8, 4) is 0 Å². The quantitative estimate of drug-likeness (QED) is 0.796. The van der Waals surface area contributed by atoms with Crippen LogP contribution < -0.4 is 5.32 Å². The lowest BCUT2D eigenvalue weighted by atomic mass is 9.79. The Balaban J connectivity index is 1.39. The van der Waals surface area contributed by atoms with Gasteiger partial charge in [-0.15, -0.1) is 0 Å². The van der Waals surface area contributed by atoms with E-state index in [0.717, 1.165) is 43.8 Å². The van der Waals surface area contributed by atoms with Crippen molar-refractivity contribution in [3.05, 3.63) is 47.7 Å². The zero-order valence-corrected chi connectivity index (χ0v) is 16.1. The second kappa shape index (κ2) is 7.48. The molecule has 1 aromatic heterocycles. The average molecular weight is 410 g/mol. The molecule has 0 radical (unpaired) electrons. The lowest BCUT2D eigenvalue weighted by Gasteiger charge is -2.49. The number of fused-ring (bicyclic) bond motifs is 3. The van der Waals surface area contributed by atoms with Crippen LogP contribution in [0.1, 0.15) is 35.7 Å². The molecule has 28 heavy (non-hydrogen) atoms. The van der Waals surface area contributed by atoms with Crippen LogP contribution in [0.4, 0.5) is 13.2 Å². The number of nitrogens with zero attached hydrogens (tertiary/aromatic N) is 1. The molecule has 150 valence electrons. The van der Waals surface area contributed by atoms with E-state index in [4.69, 9.17) is 4.42 Å². The second-order valence-electron chi connectivity index (χ2n) is 7.39. The molecule has 3 saturated heterocycles. The maximum absolute atomic E-state index is 12.6. The molecule has 2 bridgehead atoms. The number of amides is 1. The summed E-state index contributed by atoms with van der Waals surface area (Å²) >= 11 is 1.09. The summed E-state index contributed by atoms with van der Waals surface area (Å²) in [5, 5.41) is 3.33. The van der Waals surface area contributed by atoms with Gasteiger partial charge in [-0.25, -0.2) is 0 Å². The van der Waals surface area contributed by atoms with Gasteiger partial charge in [-0.1, -0.05) is 11.8 Å². The third-order valence-corrected chi connectivity index (χ3v) is 6.64. The number of benzene rings is 1. The average Bonchev–Trinajstić information content (AvgIpc) is 3.14. The summed E-state index contributed by atoms with van der Waals surface area (Å²) in [6.45, 7) is 4.37. The minimum absolute atomic E-state index is 0.112. The predicted molar refractivity (Wildman–Crippen MR) is 99.3 cm³/mol. The van der Waals surface area contributed by atoms with Gasteiger partial charge < -0.3 is 9.73 Å². The number of hydrogen-bond acceptors (Lipinski definition) is 4. The largest absolute Gasteiger partial charge is 0.457 e. The highest BCUT2D eigenvalue weighted by Gasteiger charge is 2.40. The first-order valence-electron chi connectivity index (χ1n) is 9.30. The van der Waals surface area contributed by atoms with Gasteiger partial charge in [0.25, 0.3) is 5.91 Å². The van der Waals surface area contributed by atoms with Gasteiger partial charge in [0.05, 0.1) is 5.56 Å². The van der Waals surface area contributed by atoms with Crippen molar-refractivity contribution in [1.29, 1.82) is 0 Å². The third-order valence-electron chi connectivity index (χ3n) is 5.71. The molecule has 8 heteroatoms. The van der Waals surface area contributed by atoms with E-state index < -0.39 is 11.7 Å². The second-order valence-corrected chi connectivity index (χ2v) is 8.47. The lowest BCUT2D eigenvalue weighted by Crippen LogP contribution is -2.62. The first-order valence-corrected chi connectivity index (χ1v) is 10.1. The first kappa shape index (κ1) is 19.4. The van der Waals surface area contributed by atoms with Gasteiger partial charge in [0.2, 0.25) is 0 Å². The fraction of sp³-hybridized carbons (Fsp3) is 0.450. The minimum Gasteiger partial charge on any atom is -0.457 e. The van der Waals surface area contributed by atoms with E-state index in [1.165, 1.54) is 0 Å². The monoisotopic (exact) mass is 410 g/mol. The zero-order valence-electron chi connectivity index (χ0n) is 15.3. The van der Waals surface area contributed by atoms with Gasteiger partial charge in [0.15, 0.2) is 5.09 Å². The molecular formula is C20H21F3N2O2S. The Morgan fingerprint density at radius 3 is 2.46 bits per heavy atom. The predicted octanol–water partition coefficient (Wildman–Crippen LogP) is 4.66. The van der Waals surface area contributed by atoms with Crippen LogP contribution >= 0.6 is 11.8 Å². The van der Waals surface area contributed by atoms with E-state index in [0.29, 0.717) is 28.7 Å². The molecule has 0 spiro atoms. The Kier molecular flexibility index (Phi) is 5.18. The van der Waals surface area contributed by atoms with Crippen LogP contribution in [0.3, 0.4) is 0 Å². The number of hydrogen-bond donors (Lipinski definition) is 1. The topological polar surface area (TPSA) is 45.5 Å². The Labute approximate surface area is 165 Å². The Bertz CT molecular complexity index is 840.